The Morgan fingerprint density at radius 1 is 1.22 bits per heavy atom. The molecule has 0 aliphatic carbocycles. The van der Waals surface area contributed by atoms with Crippen LogP contribution in [0.2, 0.25) is 10.2 Å². The molecule has 2 aromatic rings. The van der Waals surface area contributed by atoms with Gasteiger partial charge in [0.15, 0.2) is 0 Å². The molecular formula is C12H7Cl2FN2O. The summed E-state index contributed by atoms with van der Waals surface area (Å²) in [5, 5.41) is 2.90. The molecule has 0 saturated heterocycles. The minimum absolute atomic E-state index is 0.128. The molecule has 0 aliphatic rings. The highest BCUT2D eigenvalue weighted by Gasteiger charge is 2.09. The van der Waals surface area contributed by atoms with E-state index in [1.807, 2.05) is 0 Å². The summed E-state index contributed by atoms with van der Waals surface area (Å²) in [6.45, 7) is 0. The number of halogens is 3. The molecule has 0 atom stereocenters. The van der Waals surface area contributed by atoms with Crippen molar-refractivity contribution in [2.45, 2.75) is 0 Å². The molecule has 0 unspecified atom stereocenters. The Bertz CT molecular complexity index is 604. The van der Waals surface area contributed by atoms with E-state index in [9.17, 15) is 9.18 Å². The maximum absolute atomic E-state index is 12.8. The van der Waals surface area contributed by atoms with Gasteiger partial charge >= 0.3 is 0 Å². The Balaban J connectivity index is 2.21. The lowest BCUT2D eigenvalue weighted by Gasteiger charge is -2.07. The number of amides is 1. The van der Waals surface area contributed by atoms with Crippen molar-refractivity contribution >= 4 is 34.8 Å². The van der Waals surface area contributed by atoms with Gasteiger partial charge in [0, 0.05) is 11.8 Å². The quantitative estimate of drug-likeness (QED) is 0.853. The van der Waals surface area contributed by atoms with E-state index in [0.717, 1.165) is 6.07 Å². The molecule has 2 rings (SSSR count). The zero-order chi connectivity index (χ0) is 13.1. The molecule has 0 spiro atoms. The van der Waals surface area contributed by atoms with Gasteiger partial charge in [0.1, 0.15) is 11.0 Å². The van der Waals surface area contributed by atoms with Gasteiger partial charge in [-0.05, 0) is 30.3 Å². The van der Waals surface area contributed by atoms with Crippen molar-refractivity contribution in [2.24, 2.45) is 0 Å². The van der Waals surface area contributed by atoms with Crippen LogP contribution in [0.15, 0.2) is 36.5 Å². The zero-order valence-corrected chi connectivity index (χ0v) is 10.5. The molecular weight excluding hydrogens is 278 g/mol. The van der Waals surface area contributed by atoms with Crippen molar-refractivity contribution in [3.8, 4) is 0 Å². The van der Waals surface area contributed by atoms with Crippen LogP contribution in [0.5, 0.6) is 0 Å². The summed E-state index contributed by atoms with van der Waals surface area (Å²) in [5.74, 6) is -0.863. The molecule has 1 aromatic carbocycles. The lowest BCUT2D eigenvalue weighted by molar-refractivity contribution is 0.102. The molecule has 1 N–H and O–H groups in total. The fourth-order valence-corrected chi connectivity index (χ4v) is 1.72. The van der Waals surface area contributed by atoms with Crippen LogP contribution in [0.3, 0.4) is 0 Å². The van der Waals surface area contributed by atoms with Gasteiger partial charge in [-0.25, -0.2) is 9.37 Å². The zero-order valence-electron chi connectivity index (χ0n) is 8.95. The summed E-state index contributed by atoms with van der Waals surface area (Å²) < 4.78 is 12.8. The molecule has 0 radical (unpaired) electrons. The molecule has 18 heavy (non-hydrogen) atoms. The first-order chi connectivity index (χ1) is 8.56. The number of benzene rings is 1. The van der Waals surface area contributed by atoms with E-state index in [-0.39, 0.29) is 10.2 Å². The number of nitrogens with one attached hydrogen (secondary N) is 1. The Hall–Kier alpha value is -1.65. The summed E-state index contributed by atoms with van der Waals surface area (Å²) in [6, 6.07) is 6.66. The van der Waals surface area contributed by atoms with Crippen molar-refractivity contribution < 1.29 is 9.18 Å². The number of hydrogen-bond donors (Lipinski definition) is 1. The summed E-state index contributed by atoms with van der Waals surface area (Å²) in [6.07, 6.45) is 1.42. The van der Waals surface area contributed by atoms with Crippen molar-refractivity contribution in [2.75, 3.05) is 5.32 Å². The average molecular weight is 285 g/mol. The van der Waals surface area contributed by atoms with E-state index in [4.69, 9.17) is 23.2 Å². The monoisotopic (exact) mass is 284 g/mol. The molecule has 1 amide bonds. The fourth-order valence-electron chi connectivity index (χ4n) is 1.33. The molecule has 0 fully saturated rings. The van der Waals surface area contributed by atoms with Crippen molar-refractivity contribution in [1.29, 1.82) is 0 Å². The summed E-state index contributed by atoms with van der Waals surface area (Å²) in [4.78, 5) is 15.6. The van der Waals surface area contributed by atoms with Crippen LogP contribution in [0.1, 0.15) is 10.4 Å². The fraction of sp³-hybridized carbons (Fsp3) is 0. The number of nitrogens with zero attached hydrogens (tertiary/aromatic N) is 1. The van der Waals surface area contributed by atoms with Gasteiger partial charge in [-0.2, -0.15) is 0 Å². The summed E-state index contributed by atoms with van der Waals surface area (Å²) in [7, 11) is 0. The van der Waals surface area contributed by atoms with Gasteiger partial charge in [0.05, 0.1) is 10.7 Å². The number of hydrogen-bond acceptors (Lipinski definition) is 2. The lowest BCUT2D eigenvalue weighted by atomic mass is 10.2. The van der Waals surface area contributed by atoms with E-state index in [1.165, 1.54) is 30.5 Å². The van der Waals surface area contributed by atoms with Crippen LogP contribution < -0.4 is 5.32 Å². The second-order valence-electron chi connectivity index (χ2n) is 3.45. The highest BCUT2D eigenvalue weighted by Crippen LogP contribution is 2.23. The standard InChI is InChI=1S/C12H7Cl2FN2O/c13-9-6-8(15)1-2-10(9)17-12(18)7-3-4-16-11(14)5-7/h1-6H,(H,17,18). The second-order valence-corrected chi connectivity index (χ2v) is 4.24. The maximum atomic E-state index is 12.8. The predicted molar refractivity (Wildman–Crippen MR) is 68.6 cm³/mol. The van der Waals surface area contributed by atoms with Crippen molar-refractivity contribution in [3.05, 3.63) is 58.1 Å². The largest absolute Gasteiger partial charge is 0.321 e. The number of aromatic nitrogens is 1. The van der Waals surface area contributed by atoms with E-state index in [1.54, 1.807) is 0 Å². The van der Waals surface area contributed by atoms with E-state index < -0.39 is 11.7 Å². The van der Waals surface area contributed by atoms with Gasteiger partial charge in [0.2, 0.25) is 0 Å². The highest BCUT2D eigenvalue weighted by atomic mass is 35.5. The second kappa shape index (κ2) is 5.33. The van der Waals surface area contributed by atoms with Crippen LogP contribution in [0.4, 0.5) is 10.1 Å². The van der Waals surface area contributed by atoms with E-state index >= 15 is 0 Å². The first-order valence-electron chi connectivity index (χ1n) is 4.94. The van der Waals surface area contributed by atoms with E-state index in [0.29, 0.717) is 11.3 Å². The Labute approximate surface area is 113 Å². The third kappa shape index (κ3) is 2.97. The third-order valence-corrected chi connectivity index (χ3v) is 2.69. The van der Waals surface area contributed by atoms with Gasteiger partial charge in [0.25, 0.3) is 5.91 Å². The SMILES string of the molecule is O=C(Nc1ccc(F)cc1Cl)c1ccnc(Cl)c1. The lowest BCUT2D eigenvalue weighted by Crippen LogP contribution is -2.12. The predicted octanol–water partition coefficient (Wildman–Crippen LogP) is 3.78. The molecule has 0 aliphatic heterocycles. The normalized spacial score (nSPS) is 10.2. The van der Waals surface area contributed by atoms with Crippen LogP contribution in [0, 0.1) is 5.82 Å². The number of carbonyl (C=O) groups excluding carboxylic acids is 1. The first kappa shape index (κ1) is 12.8. The molecule has 0 saturated carbocycles. The number of pyridine rings is 1. The van der Waals surface area contributed by atoms with Crippen LogP contribution >= 0.6 is 23.2 Å². The number of rotatable bonds is 2. The topological polar surface area (TPSA) is 42.0 Å². The van der Waals surface area contributed by atoms with Gasteiger partial charge in [-0.1, -0.05) is 23.2 Å². The van der Waals surface area contributed by atoms with Crippen molar-refractivity contribution in [3.63, 3.8) is 0 Å². The van der Waals surface area contributed by atoms with Gasteiger partial charge in [-0.3, -0.25) is 4.79 Å². The van der Waals surface area contributed by atoms with Crippen LogP contribution in [0.25, 0.3) is 0 Å². The molecule has 1 aromatic heterocycles. The van der Waals surface area contributed by atoms with Gasteiger partial charge in [-0.15, -0.1) is 0 Å². The van der Waals surface area contributed by atoms with Crippen LogP contribution in [-0.2, 0) is 0 Å². The Morgan fingerprint density at radius 2 is 2.00 bits per heavy atom. The van der Waals surface area contributed by atoms with E-state index in [2.05, 4.69) is 10.3 Å². The molecule has 3 nitrogen and oxygen atoms in total. The number of carbonyl (C=O) groups is 1. The number of anilines is 1. The molecule has 0 bridgehead atoms. The first-order valence-corrected chi connectivity index (χ1v) is 5.70. The summed E-state index contributed by atoms with van der Waals surface area (Å²) >= 11 is 11.5. The smallest absolute Gasteiger partial charge is 0.255 e. The third-order valence-electron chi connectivity index (χ3n) is 2.17. The minimum Gasteiger partial charge on any atom is -0.321 e. The van der Waals surface area contributed by atoms with Gasteiger partial charge < -0.3 is 5.32 Å². The summed E-state index contributed by atoms with van der Waals surface area (Å²) in [5.41, 5.74) is 0.673. The molecule has 92 valence electrons. The minimum atomic E-state index is -0.468. The Kier molecular flexibility index (Phi) is 3.79. The van der Waals surface area contributed by atoms with Crippen LogP contribution in [-0.4, -0.2) is 10.9 Å². The average Bonchev–Trinajstić information content (AvgIpc) is 2.32. The molecule has 6 heteroatoms. The molecule has 1 heterocycles. The maximum Gasteiger partial charge on any atom is 0.255 e. The Morgan fingerprint density at radius 3 is 2.67 bits per heavy atom. The van der Waals surface area contributed by atoms with Crippen molar-refractivity contribution in [1.82, 2.24) is 4.98 Å². The highest BCUT2D eigenvalue weighted by molar-refractivity contribution is 6.34.